The number of nitrogens with zero attached hydrogens (tertiary/aromatic N) is 4. The van der Waals surface area contributed by atoms with Gasteiger partial charge in [0.2, 0.25) is 0 Å². The van der Waals surface area contributed by atoms with Crippen molar-refractivity contribution in [2.45, 2.75) is 46.3 Å². The van der Waals surface area contributed by atoms with Crippen LogP contribution in [-0.2, 0) is 4.74 Å². The molecule has 1 amide bonds. The number of nitrogens with one attached hydrogen (secondary N) is 2. The second-order valence-corrected chi connectivity index (χ2v) is 9.91. The van der Waals surface area contributed by atoms with Crippen LogP contribution in [0.3, 0.4) is 0 Å². The zero-order valence-electron chi connectivity index (χ0n) is 22.9. The van der Waals surface area contributed by atoms with Gasteiger partial charge < -0.3 is 34.6 Å². The van der Waals surface area contributed by atoms with E-state index in [1.54, 1.807) is 37.1 Å². The molecular weight excluding hydrogens is 524 g/mol. The van der Waals surface area contributed by atoms with E-state index in [9.17, 15) is 9.90 Å². The van der Waals surface area contributed by atoms with E-state index in [2.05, 4.69) is 15.8 Å². The Balaban J connectivity index is 1.71. The highest BCUT2D eigenvalue weighted by atomic mass is 35.5. The van der Waals surface area contributed by atoms with Crippen LogP contribution >= 0.6 is 11.6 Å². The average molecular weight is 559 g/mol. The van der Waals surface area contributed by atoms with Gasteiger partial charge in [-0.2, -0.15) is 0 Å². The number of hydrogen-bond donors (Lipinski definition) is 3. The second kappa shape index (κ2) is 12.6. The summed E-state index contributed by atoms with van der Waals surface area (Å²) < 4.78 is 16.4. The van der Waals surface area contributed by atoms with Crippen molar-refractivity contribution in [1.29, 1.82) is 0 Å². The third-order valence-electron chi connectivity index (χ3n) is 6.53. The molecule has 0 aliphatic carbocycles. The molecule has 3 N–H and O–H groups in total. The van der Waals surface area contributed by atoms with Gasteiger partial charge in [0.05, 0.1) is 28.6 Å². The van der Waals surface area contributed by atoms with Gasteiger partial charge in [-0.3, -0.25) is 0 Å². The van der Waals surface area contributed by atoms with Crippen LogP contribution in [0.1, 0.15) is 30.4 Å². The number of carbonyl (C=O) groups is 1. The molecule has 2 aromatic heterocycles. The van der Waals surface area contributed by atoms with E-state index in [4.69, 9.17) is 35.6 Å². The third kappa shape index (κ3) is 6.60. The van der Waals surface area contributed by atoms with E-state index in [0.29, 0.717) is 71.4 Å². The predicted molar refractivity (Wildman–Crippen MR) is 148 cm³/mol. The summed E-state index contributed by atoms with van der Waals surface area (Å²) in [7, 11) is 1.76. The second-order valence-electron chi connectivity index (χ2n) is 9.51. The Morgan fingerprint density at radius 2 is 2.10 bits per heavy atom. The van der Waals surface area contributed by atoms with Crippen molar-refractivity contribution in [3.05, 3.63) is 40.2 Å². The van der Waals surface area contributed by atoms with Gasteiger partial charge in [-0.1, -0.05) is 16.8 Å². The fourth-order valence-corrected chi connectivity index (χ4v) is 4.75. The number of aryl methyl sites for hydroxylation is 2. The van der Waals surface area contributed by atoms with Crippen LogP contribution in [-0.4, -0.2) is 83.3 Å². The molecule has 3 heterocycles. The molecule has 0 radical (unpaired) electrons. The summed E-state index contributed by atoms with van der Waals surface area (Å²) in [5, 5.41) is 21.0. The summed E-state index contributed by atoms with van der Waals surface area (Å²) in [6.45, 7) is 9.39. The number of ether oxygens (including phenoxy) is 2. The minimum absolute atomic E-state index is 0.0211. The fraction of sp³-hybridized carbons (Fsp3) is 0.481. The van der Waals surface area contributed by atoms with Gasteiger partial charge in [-0.05, 0) is 59.4 Å². The number of anilines is 1. The molecule has 0 bridgehead atoms. The van der Waals surface area contributed by atoms with Gasteiger partial charge >= 0.3 is 6.09 Å². The van der Waals surface area contributed by atoms with Crippen molar-refractivity contribution in [1.82, 2.24) is 25.3 Å². The van der Waals surface area contributed by atoms with Crippen LogP contribution in [0.5, 0.6) is 5.75 Å². The van der Waals surface area contributed by atoms with Crippen molar-refractivity contribution in [3.8, 4) is 28.4 Å². The Labute approximate surface area is 232 Å². The zero-order valence-corrected chi connectivity index (χ0v) is 23.6. The summed E-state index contributed by atoms with van der Waals surface area (Å²) in [5.41, 5.74) is 3.57. The van der Waals surface area contributed by atoms with Crippen LogP contribution in [0.2, 0.25) is 5.02 Å². The molecule has 39 heavy (non-hydrogen) atoms. The van der Waals surface area contributed by atoms with Crippen LogP contribution in [0.25, 0.3) is 22.6 Å². The largest absolute Gasteiger partial charge is 0.491 e. The SMILES string of the molecule is CCOC(=O)N1CC[C@H](Nc2nc(-c3cc(OC[C@H](O)CNC)ccc3Cl)nc(-c3c(C)noc3C)c2C)C1. The van der Waals surface area contributed by atoms with Gasteiger partial charge in [-0.25, -0.2) is 14.8 Å². The Morgan fingerprint density at radius 1 is 1.31 bits per heavy atom. The highest BCUT2D eigenvalue weighted by Crippen LogP contribution is 2.36. The molecule has 210 valence electrons. The first-order valence-corrected chi connectivity index (χ1v) is 13.3. The molecule has 1 aliphatic heterocycles. The lowest BCUT2D eigenvalue weighted by Gasteiger charge is -2.19. The first-order chi connectivity index (χ1) is 18.7. The van der Waals surface area contributed by atoms with Gasteiger partial charge in [0, 0.05) is 36.8 Å². The number of halogens is 1. The van der Waals surface area contributed by atoms with Crippen LogP contribution in [0, 0.1) is 20.8 Å². The molecule has 2 atom stereocenters. The molecular formula is C27H35ClN6O5. The topological polar surface area (TPSA) is 135 Å². The number of hydrogen-bond acceptors (Lipinski definition) is 10. The molecule has 0 unspecified atom stereocenters. The molecule has 1 fully saturated rings. The Kier molecular flexibility index (Phi) is 9.26. The highest BCUT2D eigenvalue weighted by Gasteiger charge is 2.29. The first kappa shape index (κ1) is 28.6. The third-order valence-corrected chi connectivity index (χ3v) is 6.86. The van der Waals surface area contributed by atoms with Crippen LogP contribution < -0.4 is 15.4 Å². The van der Waals surface area contributed by atoms with Crippen molar-refractivity contribution in [2.75, 3.05) is 45.2 Å². The molecule has 12 heteroatoms. The number of benzene rings is 1. The monoisotopic (exact) mass is 558 g/mol. The number of carbonyl (C=O) groups excluding carboxylic acids is 1. The van der Waals surface area contributed by atoms with Crippen molar-refractivity contribution in [2.24, 2.45) is 0 Å². The number of aliphatic hydroxyl groups is 1. The molecule has 3 aromatic rings. The summed E-state index contributed by atoms with van der Waals surface area (Å²) in [5.74, 6) is 2.19. The van der Waals surface area contributed by atoms with E-state index in [1.165, 1.54) is 0 Å². The highest BCUT2D eigenvalue weighted by molar-refractivity contribution is 6.33. The molecule has 11 nitrogen and oxygen atoms in total. The number of likely N-dealkylation sites (N-methyl/N-ethyl adjacent to an activating group) is 1. The number of aromatic nitrogens is 3. The normalized spacial score (nSPS) is 15.9. The first-order valence-electron chi connectivity index (χ1n) is 13.0. The van der Waals surface area contributed by atoms with Gasteiger partial charge in [0.15, 0.2) is 5.82 Å². The van der Waals surface area contributed by atoms with Crippen molar-refractivity contribution >= 4 is 23.5 Å². The minimum Gasteiger partial charge on any atom is -0.491 e. The number of likely N-dealkylation sites (tertiary alicyclic amines) is 1. The smallest absolute Gasteiger partial charge is 0.409 e. The molecule has 0 spiro atoms. The molecule has 1 aromatic carbocycles. The maximum atomic E-state index is 12.2. The van der Waals surface area contributed by atoms with E-state index < -0.39 is 6.10 Å². The van der Waals surface area contributed by atoms with Gasteiger partial charge in [0.1, 0.15) is 30.0 Å². The average Bonchev–Trinajstić information content (AvgIpc) is 3.51. The number of amides is 1. The lowest BCUT2D eigenvalue weighted by molar-refractivity contribution is 0.108. The summed E-state index contributed by atoms with van der Waals surface area (Å²) >= 11 is 6.62. The maximum Gasteiger partial charge on any atom is 0.409 e. The van der Waals surface area contributed by atoms with Crippen molar-refractivity contribution in [3.63, 3.8) is 0 Å². The fourth-order valence-electron chi connectivity index (χ4n) is 4.55. The summed E-state index contributed by atoms with van der Waals surface area (Å²) in [4.78, 5) is 23.7. The number of aliphatic hydroxyl groups excluding tert-OH is 1. The Hall–Kier alpha value is -3.41. The Bertz CT molecular complexity index is 1300. The predicted octanol–water partition coefficient (Wildman–Crippen LogP) is 3.98. The standard InChI is InChI=1S/C27H35ClN6O5/c1-6-37-27(36)34-10-9-18(13-34)30-25-15(2)24(23-16(3)33-39-17(23)4)31-26(32-25)21-11-20(7-8-22(21)28)38-14-19(35)12-29-5/h7-8,11,18-19,29,35H,6,9-10,12-14H2,1-5H3,(H,30,31,32)/t18-,19+/m0/s1. The van der Waals surface area contributed by atoms with E-state index in [1.807, 2.05) is 20.8 Å². The van der Waals surface area contributed by atoms with E-state index in [-0.39, 0.29) is 18.7 Å². The number of rotatable bonds is 10. The van der Waals surface area contributed by atoms with Crippen LogP contribution in [0.15, 0.2) is 22.7 Å². The van der Waals surface area contributed by atoms with Crippen LogP contribution in [0.4, 0.5) is 10.6 Å². The zero-order chi connectivity index (χ0) is 28.1. The summed E-state index contributed by atoms with van der Waals surface area (Å²) in [6, 6.07) is 5.20. The van der Waals surface area contributed by atoms with E-state index in [0.717, 1.165) is 17.5 Å². The lowest BCUT2D eigenvalue weighted by atomic mass is 10.0. The van der Waals surface area contributed by atoms with Gasteiger partial charge in [0.25, 0.3) is 0 Å². The van der Waals surface area contributed by atoms with Gasteiger partial charge in [-0.15, -0.1) is 0 Å². The molecule has 1 saturated heterocycles. The summed E-state index contributed by atoms with van der Waals surface area (Å²) in [6.07, 6.45) is -0.230. The van der Waals surface area contributed by atoms with Crippen molar-refractivity contribution < 1.29 is 23.9 Å². The molecule has 0 saturated carbocycles. The quantitative estimate of drug-likeness (QED) is 0.335. The lowest BCUT2D eigenvalue weighted by Crippen LogP contribution is -2.32. The Morgan fingerprint density at radius 3 is 2.79 bits per heavy atom. The molecule has 1 aliphatic rings. The van der Waals surface area contributed by atoms with E-state index >= 15 is 0 Å². The minimum atomic E-state index is -0.660. The molecule has 4 rings (SSSR count). The maximum absolute atomic E-state index is 12.2.